The van der Waals surface area contributed by atoms with Gasteiger partial charge in [-0.3, -0.25) is 19.3 Å². The van der Waals surface area contributed by atoms with Crippen molar-refractivity contribution in [3.8, 4) is 0 Å². The monoisotopic (exact) mass is 408 g/mol. The van der Waals surface area contributed by atoms with Crippen LogP contribution in [-0.4, -0.2) is 40.7 Å². The minimum Gasteiger partial charge on any atom is -0.459 e. The highest BCUT2D eigenvalue weighted by Gasteiger charge is 2.58. The Hall–Kier alpha value is -2.22. The molecule has 2 aliphatic rings. The molecule has 1 N–H and O–H groups in total. The SMILES string of the molecule is CC(C)(C)OC(=O)CN1C(=O)NC2(CC(=O)c3cc(Br)ccc32)C1=O. The zero-order chi connectivity index (χ0) is 18.6. The lowest BCUT2D eigenvalue weighted by Gasteiger charge is -2.23. The number of carbonyl (C=O) groups excluding carboxylic acids is 4. The Labute approximate surface area is 152 Å². The van der Waals surface area contributed by atoms with Gasteiger partial charge in [0.25, 0.3) is 5.91 Å². The molecule has 0 radical (unpaired) electrons. The second-order valence-electron chi connectivity index (χ2n) is 7.10. The highest BCUT2D eigenvalue weighted by Crippen LogP contribution is 2.42. The van der Waals surface area contributed by atoms with Gasteiger partial charge in [-0.2, -0.15) is 0 Å². The summed E-state index contributed by atoms with van der Waals surface area (Å²) in [5, 5.41) is 2.60. The summed E-state index contributed by atoms with van der Waals surface area (Å²) in [6, 6.07) is 4.26. The van der Waals surface area contributed by atoms with E-state index in [4.69, 9.17) is 4.74 Å². The molecular weight excluding hydrogens is 392 g/mol. The van der Waals surface area contributed by atoms with Crippen LogP contribution in [-0.2, 0) is 19.9 Å². The van der Waals surface area contributed by atoms with E-state index in [-0.39, 0.29) is 12.2 Å². The third kappa shape index (κ3) is 2.95. The number of carbonyl (C=O) groups is 4. The first-order valence-corrected chi connectivity index (χ1v) is 8.52. The molecule has 8 heteroatoms. The van der Waals surface area contributed by atoms with Crippen molar-refractivity contribution in [1.29, 1.82) is 0 Å². The van der Waals surface area contributed by atoms with E-state index in [1.165, 1.54) is 0 Å². The summed E-state index contributed by atoms with van der Waals surface area (Å²) >= 11 is 3.29. The van der Waals surface area contributed by atoms with Crippen LogP contribution in [0.2, 0.25) is 0 Å². The molecule has 1 aliphatic carbocycles. The number of urea groups is 1. The lowest BCUT2D eigenvalue weighted by molar-refractivity contribution is -0.157. The maximum atomic E-state index is 12.9. The average molecular weight is 409 g/mol. The van der Waals surface area contributed by atoms with Gasteiger partial charge in [-0.1, -0.05) is 22.0 Å². The van der Waals surface area contributed by atoms with Crippen molar-refractivity contribution in [3.63, 3.8) is 0 Å². The number of rotatable bonds is 2. The molecule has 0 bridgehead atoms. The number of amides is 3. The molecule has 7 nitrogen and oxygen atoms in total. The molecule has 1 fully saturated rings. The first-order valence-electron chi connectivity index (χ1n) is 7.73. The highest BCUT2D eigenvalue weighted by molar-refractivity contribution is 9.10. The van der Waals surface area contributed by atoms with Crippen molar-refractivity contribution < 1.29 is 23.9 Å². The summed E-state index contributed by atoms with van der Waals surface area (Å²) in [4.78, 5) is 50.3. The van der Waals surface area contributed by atoms with Crippen molar-refractivity contribution in [2.45, 2.75) is 38.3 Å². The maximum absolute atomic E-state index is 12.9. The van der Waals surface area contributed by atoms with E-state index in [1.807, 2.05) is 0 Å². The number of halogens is 1. The molecule has 1 heterocycles. The van der Waals surface area contributed by atoms with Gasteiger partial charge < -0.3 is 10.1 Å². The topological polar surface area (TPSA) is 92.8 Å². The molecule has 1 aromatic rings. The van der Waals surface area contributed by atoms with Crippen molar-refractivity contribution in [2.24, 2.45) is 0 Å². The molecule has 1 unspecified atom stereocenters. The standard InChI is InChI=1S/C17H17BrN2O5/c1-16(2,3)25-13(22)8-20-14(23)17(19-15(20)24)7-12(21)10-6-9(18)4-5-11(10)17/h4-6H,7-8H2,1-3H3,(H,19,24). The summed E-state index contributed by atoms with van der Waals surface area (Å²) in [6.45, 7) is 4.59. The van der Waals surface area contributed by atoms with Crippen LogP contribution in [0, 0.1) is 0 Å². The zero-order valence-electron chi connectivity index (χ0n) is 14.0. The van der Waals surface area contributed by atoms with Crippen LogP contribution in [0.3, 0.4) is 0 Å². The van der Waals surface area contributed by atoms with E-state index in [0.717, 1.165) is 4.90 Å². The number of Topliss-reactive ketones (excluding diaryl/α,β-unsaturated/α-hetero) is 1. The predicted molar refractivity (Wildman–Crippen MR) is 90.9 cm³/mol. The van der Waals surface area contributed by atoms with Crippen molar-refractivity contribution in [3.05, 3.63) is 33.8 Å². The average Bonchev–Trinajstić information content (AvgIpc) is 2.86. The summed E-state index contributed by atoms with van der Waals surface area (Å²) in [7, 11) is 0. The molecule has 1 atom stereocenters. The minimum atomic E-state index is -1.44. The maximum Gasteiger partial charge on any atom is 0.326 e. The number of nitrogens with zero attached hydrogens (tertiary/aromatic N) is 1. The molecule has 1 aromatic carbocycles. The summed E-state index contributed by atoms with van der Waals surface area (Å²) < 4.78 is 5.88. The molecule has 3 rings (SSSR count). The number of hydrogen-bond donors (Lipinski definition) is 1. The van der Waals surface area contributed by atoms with Gasteiger partial charge in [0.1, 0.15) is 12.1 Å². The quantitative estimate of drug-likeness (QED) is 0.597. The Morgan fingerprint density at radius 1 is 1.32 bits per heavy atom. The number of imide groups is 1. The number of esters is 1. The molecule has 132 valence electrons. The fourth-order valence-electron chi connectivity index (χ4n) is 3.13. The summed E-state index contributed by atoms with van der Waals surface area (Å²) in [5.74, 6) is -1.53. The van der Waals surface area contributed by atoms with Crippen molar-refractivity contribution in [2.75, 3.05) is 6.54 Å². The van der Waals surface area contributed by atoms with Gasteiger partial charge in [-0.15, -0.1) is 0 Å². The van der Waals surface area contributed by atoms with Crippen LogP contribution in [0.5, 0.6) is 0 Å². The van der Waals surface area contributed by atoms with Crippen LogP contribution in [0.15, 0.2) is 22.7 Å². The van der Waals surface area contributed by atoms with Crippen molar-refractivity contribution in [1.82, 2.24) is 10.2 Å². The molecule has 3 amide bonds. The van der Waals surface area contributed by atoms with Gasteiger partial charge in [-0.25, -0.2) is 4.79 Å². The van der Waals surface area contributed by atoms with Crippen LogP contribution in [0.1, 0.15) is 43.1 Å². The van der Waals surface area contributed by atoms with E-state index in [9.17, 15) is 19.2 Å². The number of ether oxygens (including phenoxy) is 1. The van der Waals surface area contributed by atoms with Crippen LogP contribution in [0.25, 0.3) is 0 Å². The highest BCUT2D eigenvalue weighted by atomic mass is 79.9. The van der Waals surface area contributed by atoms with Crippen LogP contribution < -0.4 is 5.32 Å². The molecular formula is C17H17BrN2O5. The van der Waals surface area contributed by atoms with Gasteiger partial charge in [0.2, 0.25) is 0 Å². The van der Waals surface area contributed by atoms with Gasteiger partial charge >= 0.3 is 12.0 Å². The summed E-state index contributed by atoms with van der Waals surface area (Å²) in [6.07, 6.45) is -0.159. The van der Waals surface area contributed by atoms with Gasteiger partial charge in [0.15, 0.2) is 11.3 Å². The number of hydrogen-bond acceptors (Lipinski definition) is 5. The normalized spacial score (nSPS) is 22.4. The van der Waals surface area contributed by atoms with Gasteiger partial charge in [-0.05, 0) is 38.5 Å². The summed E-state index contributed by atoms with van der Waals surface area (Å²) in [5.41, 5.74) is -1.32. The third-order valence-corrected chi connectivity index (χ3v) is 4.54. The zero-order valence-corrected chi connectivity index (χ0v) is 15.6. The van der Waals surface area contributed by atoms with Crippen LogP contribution in [0.4, 0.5) is 4.79 Å². The number of fused-ring (bicyclic) bond motifs is 2. The predicted octanol–water partition coefficient (Wildman–Crippen LogP) is 2.12. The van der Waals surface area contributed by atoms with E-state index >= 15 is 0 Å². The number of nitrogens with one attached hydrogen (secondary N) is 1. The molecule has 25 heavy (non-hydrogen) atoms. The molecule has 1 aliphatic heterocycles. The fourth-order valence-corrected chi connectivity index (χ4v) is 3.49. The lowest BCUT2D eigenvalue weighted by Crippen LogP contribution is -2.43. The van der Waals surface area contributed by atoms with E-state index in [0.29, 0.717) is 15.6 Å². The number of ketones is 1. The Kier molecular flexibility index (Phi) is 3.98. The van der Waals surface area contributed by atoms with Crippen molar-refractivity contribution >= 4 is 39.6 Å². The molecule has 0 aromatic heterocycles. The second kappa shape index (κ2) is 5.66. The van der Waals surface area contributed by atoms with Gasteiger partial charge in [0.05, 0.1) is 0 Å². The largest absolute Gasteiger partial charge is 0.459 e. The van der Waals surface area contributed by atoms with E-state index in [2.05, 4.69) is 21.2 Å². The third-order valence-electron chi connectivity index (χ3n) is 4.05. The Bertz CT molecular complexity index is 814. The lowest BCUT2D eigenvalue weighted by atomic mass is 9.92. The Balaban J connectivity index is 1.90. The fraction of sp³-hybridized carbons (Fsp3) is 0.412. The first-order chi connectivity index (χ1) is 11.5. The first kappa shape index (κ1) is 17.6. The minimum absolute atomic E-state index is 0.159. The Morgan fingerprint density at radius 3 is 2.64 bits per heavy atom. The van der Waals surface area contributed by atoms with E-state index in [1.54, 1.807) is 39.0 Å². The van der Waals surface area contributed by atoms with Gasteiger partial charge in [0, 0.05) is 16.5 Å². The molecule has 0 saturated carbocycles. The molecule has 1 spiro atoms. The number of benzene rings is 1. The second-order valence-corrected chi connectivity index (χ2v) is 8.02. The molecule has 1 saturated heterocycles. The smallest absolute Gasteiger partial charge is 0.326 e. The Morgan fingerprint density at radius 2 is 2.00 bits per heavy atom. The van der Waals surface area contributed by atoms with E-state index < -0.39 is 35.6 Å². The van der Waals surface area contributed by atoms with Crippen LogP contribution >= 0.6 is 15.9 Å².